The Bertz CT molecular complexity index is 1050. The first-order valence-electron chi connectivity index (χ1n) is 10.3. The van der Waals surface area contributed by atoms with Gasteiger partial charge in [0.2, 0.25) is 5.91 Å². The van der Waals surface area contributed by atoms with Gasteiger partial charge in [-0.05, 0) is 48.4 Å². The maximum absolute atomic E-state index is 12.2. The van der Waals surface area contributed by atoms with E-state index in [1.54, 1.807) is 31.4 Å². The van der Waals surface area contributed by atoms with Gasteiger partial charge in [0.25, 0.3) is 5.91 Å². The second-order valence-electron chi connectivity index (χ2n) is 7.08. The summed E-state index contributed by atoms with van der Waals surface area (Å²) in [5, 5.41) is 14.8. The molecule has 0 unspecified atom stereocenters. The number of anilines is 1. The highest BCUT2D eigenvalue weighted by atomic mass is 32.2. The largest absolute Gasteiger partial charge is 0.497 e. The summed E-state index contributed by atoms with van der Waals surface area (Å²) >= 11 is 1.32. The number of thioether (sulfide) groups is 1. The van der Waals surface area contributed by atoms with Crippen LogP contribution in [0.15, 0.2) is 53.7 Å². The van der Waals surface area contributed by atoms with Gasteiger partial charge in [-0.15, -0.1) is 10.2 Å². The molecule has 0 saturated heterocycles. The van der Waals surface area contributed by atoms with Crippen LogP contribution in [0.5, 0.6) is 5.75 Å². The molecule has 168 valence electrons. The van der Waals surface area contributed by atoms with E-state index >= 15 is 0 Å². The van der Waals surface area contributed by atoms with Gasteiger partial charge in [-0.25, -0.2) is 0 Å². The second-order valence-corrected chi connectivity index (χ2v) is 8.02. The van der Waals surface area contributed by atoms with E-state index in [-0.39, 0.29) is 17.6 Å². The average molecular weight is 454 g/mol. The van der Waals surface area contributed by atoms with Crippen molar-refractivity contribution < 1.29 is 14.3 Å². The maximum atomic E-state index is 12.2. The lowest BCUT2D eigenvalue weighted by atomic mass is 10.1. The van der Waals surface area contributed by atoms with Gasteiger partial charge >= 0.3 is 0 Å². The third-order valence-electron chi connectivity index (χ3n) is 4.89. The third-order valence-corrected chi connectivity index (χ3v) is 5.91. The van der Waals surface area contributed by atoms with E-state index in [2.05, 4.69) is 27.8 Å². The van der Waals surface area contributed by atoms with Gasteiger partial charge in [-0.1, -0.05) is 30.8 Å². The zero-order chi connectivity index (χ0) is 22.9. The van der Waals surface area contributed by atoms with Crippen molar-refractivity contribution in [3.05, 3.63) is 65.5 Å². The number of carbonyl (C=O) groups excluding carboxylic acids is 2. The zero-order valence-electron chi connectivity index (χ0n) is 18.4. The van der Waals surface area contributed by atoms with Gasteiger partial charge in [0, 0.05) is 31.3 Å². The molecule has 2 amide bonds. The number of ether oxygens (including phenoxy) is 1. The summed E-state index contributed by atoms with van der Waals surface area (Å²) in [6.07, 6.45) is 1.49. The molecule has 0 fully saturated rings. The first kappa shape index (κ1) is 23.3. The third kappa shape index (κ3) is 6.34. The van der Waals surface area contributed by atoms with E-state index in [4.69, 9.17) is 4.74 Å². The molecule has 32 heavy (non-hydrogen) atoms. The van der Waals surface area contributed by atoms with E-state index in [0.29, 0.717) is 29.4 Å². The van der Waals surface area contributed by atoms with Crippen molar-refractivity contribution >= 4 is 29.3 Å². The summed E-state index contributed by atoms with van der Waals surface area (Å²) in [7, 11) is 3.43. The molecule has 0 radical (unpaired) electrons. The predicted molar refractivity (Wildman–Crippen MR) is 125 cm³/mol. The van der Waals surface area contributed by atoms with Crippen molar-refractivity contribution in [2.75, 3.05) is 24.7 Å². The van der Waals surface area contributed by atoms with Crippen LogP contribution in [0.3, 0.4) is 0 Å². The lowest BCUT2D eigenvalue weighted by Gasteiger charge is -2.07. The quantitative estimate of drug-likeness (QED) is 0.458. The van der Waals surface area contributed by atoms with Crippen LogP contribution < -0.4 is 15.4 Å². The lowest BCUT2D eigenvalue weighted by molar-refractivity contribution is -0.113. The zero-order valence-corrected chi connectivity index (χ0v) is 19.2. The fourth-order valence-electron chi connectivity index (χ4n) is 2.97. The van der Waals surface area contributed by atoms with Crippen LogP contribution >= 0.6 is 11.8 Å². The highest BCUT2D eigenvalue weighted by Gasteiger charge is 2.12. The maximum Gasteiger partial charge on any atom is 0.251 e. The van der Waals surface area contributed by atoms with Crippen molar-refractivity contribution in [3.63, 3.8) is 0 Å². The lowest BCUT2D eigenvalue weighted by Crippen LogP contribution is -2.26. The van der Waals surface area contributed by atoms with E-state index in [1.807, 2.05) is 35.9 Å². The molecule has 3 rings (SSSR count). The molecule has 8 nitrogen and oxygen atoms in total. The Labute approximate surface area is 191 Å². The van der Waals surface area contributed by atoms with Gasteiger partial charge in [-0.3, -0.25) is 9.59 Å². The Kier molecular flexibility index (Phi) is 8.27. The molecule has 0 saturated carbocycles. The standard InChI is InChI=1S/C23H27N5O3S/c1-4-16-5-9-18(10-6-16)25-21(29)15-32-23-27-26-20(28(23)2)13-14-24-22(30)17-7-11-19(31-3)12-8-17/h5-12H,4,13-15H2,1-3H3,(H,24,30)(H,25,29). The van der Waals surface area contributed by atoms with E-state index < -0.39 is 0 Å². The van der Waals surface area contributed by atoms with Gasteiger partial charge in [0.1, 0.15) is 11.6 Å². The van der Waals surface area contributed by atoms with Crippen LogP contribution in [0.1, 0.15) is 28.7 Å². The first-order chi connectivity index (χ1) is 15.5. The molecule has 1 aromatic heterocycles. The summed E-state index contributed by atoms with van der Waals surface area (Å²) in [5.74, 6) is 1.41. The monoisotopic (exact) mass is 453 g/mol. The van der Waals surface area contributed by atoms with Crippen molar-refractivity contribution in [2.45, 2.75) is 24.9 Å². The Morgan fingerprint density at radius 2 is 1.78 bits per heavy atom. The van der Waals surface area contributed by atoms with Gasteiger partial charge < -0.3 is 19.9 Å². The Balaban J connectivity index is 1.44. The number of aryl methyl sites for hydroxylation is 1. The molecule has 0 bridgehead atoms. The number of nitrogens with one attached hydrogen (secondary N) is 2. The van der Waals surface area contributed by atoms with Crippen LogP contribution in [-0.2, 0) is 24.7 Å². The van der Waals surface area contributed by atoms with Gasteiger partial charge in [0.05, 0.1) is 12.9 Å². The number of rotatable bonds is 10. The predicted octanol–water partition coefficient (Wildman–Crippen LogP) is 3.09. The summed E-state index contributed by atoms with van der Waals surface area (Å²) in [6.45, 7) is 2.52. The molecule has 2 N–H and O–H groups in total. The first-order valence-corrected chi connectivity index (χ1v) is 11.3. The summed E-state index contributed by atoms with van der Waals surface area (Å²) in [4.78, 5) is 24.5. The molecular weight excluding hydrogens is 426 g/mol. The van der Waals surface area contributed by atoms with Crippen LogP contribution in [0.25, 0.3) is 0 Å². The Morgan fingerprint density at radius 3 is 2.44 bits per heavy atom. The molecule has 9 heteroatoms. The Morgan fingerprint density at radius 1 is 1.06 bits per heavy atom. The smallest absolute Gasteiger partial charge is 0.251 e. The number of methoxy groups -OCH3 is 1. The SMILES string of the molecule is CCc1ccc(NC(=O)CSc2nnc(CCNC(=O)c3ccc(OC)cc3)n2C)cc1. The topological polar surface area (TPSA) is 98.1 Å². The molecule has 0 spiro atoms. The number of carbonyl (C=O) groups is 2. The number of aromatic nitrogens is 3. The summed E-state index contributed by atoms with van der Waals surface area (Å²) in [6, 6.07) is 14.7. The molecule has 0 aliphatic rings. The molecular formula is C23H27N5O3S. The average Bonchev–Trinajstić information content (AvgIpc) is 3.17. The number of hydrogen-bond acceptors (Lipinski definition) is 6. The Hall–Kier alpha value is -3.33. The van der Waals surface area contributed by atoms with Crippen molar-refractivity contribution in [2.24, 2.45) is 7.05 Å². The van der Waals surface area contributed by atoms with Crippen LogP contribution in [-0.4, -0.2) is 46.0 Å². The molecule has 3 aromatic rings. The van der Waals surface area contributed by atoms with E-state index in [0.717, 1.165) is 17.9 Å². The summed E-state index contributed by atoms with van der Waals surface area (Å²) in [5.41, 5.74) is 2.57. The fourth-order valence-corrected chi connectivity index (χ4v) is 3.70. The number of amides is 2. The van der Waals surface area contributed by atoms with Crippen LogP contribution in [0.2, 0.25) is 0 Å². The van der Waals surface area contributed by atoms with Crippen LogP contribution in [0.4, 0.5) is 5.69 Å². The highest BCUT2D eigenvalue weighted by Crippen LogP contribution is 2.17. The van der Waals surface area contributed by atoms with Gasteiger partial charge in [-0.2, -0.15) is 0 Å². The minimum Gasteiger partial charge on any atom is -0.497 e. The minimum atomic E-state index is -0.159. The van der Waals surface area contributed by atoms with Crippen molar-refractivity contribution in [1.82, 2.24) is 20.1 Å². The molecule has 2 aromatic carbocycles. The highest BCUT2D eigenvalue weighted by molar-refractivity contribution is 7.99. The van der Waals surface area contributed by atoms with Gasteiger partial charge in [0.15, 0.2) is 5.16 Å². The number of nitrogens with zero attached hydrogens (tertiary/aromatic N) is 3. The van der Waals surface area contributed by atoms with Crippen LogP contribution in [0, 0.1) is 0 Å². The van der Waals surface area contributed by atoms with Crippen molar-refractivity contribution in [3.8, 4) is 5.75 Å². The number of benzene rings is 2. The molecule has 0 aliphatic carbocycles. The minimum absolute atomic E-state index is 0.101. The molecule has 0 aliphatic heterocycles. The second kappa shape index (κ2) is 11.3. The number of hydrogen-bond donors (Lipinski definition) is 2. The van der Waals surface area contributed by atoms with Crippen molar-refractivity contribution in [1.29, 1.82) is 0 Å². The normalized spacial score (nSPS) is 10.6. The van der Waals surface area contributed by atoms with E-state index in [9.17, 15) is 9.59 Å². The fraction of sp³-hybridized carbons (Fsp3) is 0.304. The van der Waals surface area contributed by atoms with E-state index in [1.165, 1.54) is 17.3 Å². The molecule has 1 heterocycles. The summed E-state index contributed by atoms with van der Waals surface area (Å²) < 4.78 is 6.94. The molecule has 0 atom stereocenters.